The van der Waals surface area contributed by atoms with Gasteiger partial charge in [-0.1, -0.05) is 50.3 Å². The fraction of sp³-hybridized carbons (Fsp3) is 0.538. The van der Waals surface area contributed by atoms with Crippen molar-refractivity contribution in [1.29, 1.82) is 0 Å². The van der Waals surface area contributed by atoms with Crippen LogP contribution in [-0.4, -0.2) is 52.6 Å². The first kappa shape index (κ1) is 24.7. The van der Waals surface area contributed by atoms with Crippen LogP contribution in [0.25, 0.3) is 0 Å². The van der Waals surface area contributed by atoms with E-state index in [0.717, 1.165) is 11.1 Å². The van der Waals surface area contributed by atoms with Crippen molar-refractivity contribution in [2.45, 2.75) is 59.5 Å². The van der Waals surface area contributed by atoms with Gasteiger partial charge in [0.25, 0.3) is 0 Å². The van der Waals surface area contributed by atoms with Gasteiger partial charge in [-0.2, -0.15) is 0 Å². The first-order chi connectivity index (χ1) is 15.7. The smallest absolute Gasteiger partial charge is 0.242 e. The minimum atomic E-state index is -0.674. The third kappa shape index (κ3) is 5.70. The Bertz CT molecular complexity index is 913. The van der Waals surface area contributed by atoms with Crippen LogP contribution in [0.3, 0.4) is 0 Å². The molecule has 33 heavy (non-hydrogen) atoms. The van der Waals surface area contributed by atoms with Crippen LogP contribution in [0.5, 0.6) is 0 Å². The lowest BCUT2D eigenvalue weighted by Gasteiger charge is -2.30. The second kappa shape index (κ2) is 10.8. The van der Waals surface area contributed by atoms with Crippen molar-refractivity contribution < 1.29 is 19.2 Å². The van der Waals surface area contributed by atoms with E-state index in [1.54, 1.807) is 11.8 Å². The molecule has 1 saturated heterocycles. The van der Waals surface area contributed by atoms with Crippen molar-refractivity contribution in [1.82, 2.24) is 15.1 Å². The predicted octanol–water partition coefficient (Wildman–Crippen LogP) is 2.83. The summed E-state index contributed by atoms with van der Waals surface area (Å²) in [5, 5.41) is 2.90. The van der Waals surface area contributed by atoms with Crippen LogP contribution in [0.4, 0.5) is 0 Å². The van der Waals surface area contributed by atoms with Crippen LogP contribution in [0.1, 0.15) is 51.2 Å². The highest BCUT2D eigenvalue weighted by Gasteiger charge is 2.47. The van der Waals surface area contributed by atoms with Crippen LogP contribution >= 0.6 is 0 Å². The Balaban J connectivity index is 1.71. The van der Waals surface area contributed by atoms with Crippen LogP contribution < -0.4 is 5.32 Å². The number of hydrogen-bond donors (Lipinski definition) is 1. The largest absolute Gasteiger partial charge is 0.354 e. The van der Waals surface area contributed by atoms with E-state index in [1.807, 2.05) is 57.2 Å². The zero-order chi connectivity index (χ0) is 24.1. The molecule has 0 bridgehead atoms. The van der Waals surface area contributed by atoms with Crippen LogP contribution in [0, 0.1) is 24.7 Å². The van der Waals surface area contributed by atoms with Gasteiger partial charge < -0.3 is 10.2 Å². The number of amides is 4. The van der Waals surface area contributed by atoms with E-state index >= 15 is 0 Å². The summed E-state index contributed by atoms with van der Waals surface area (Å²) in [6, 6.07) is 7.08. The maximum absolute atomic E-state index is 13.3. The molecule has 0 unspecified atom stereocenters. The van der Waals surface area contributed by atoms with Gasteiger partial charge in [0.1, 0.15) is 6.04 Å². The number of carbonyl (C=O) groups excluding carboxylic acids is 4. The van der Waals surface area contributed by atoms with E-state index < -0.39 is 6.04 Å². The number of allylic oxidation sites excluding steroid dienone is 2. The lowest BCUT2D eigenvalue weighted by Crippen LogP contribution is -2.49. The van der Waals surface area contributed by atoms with E-state index in [1.165, 1.54) is 4.90 Å². The van der Waals surface area contributed by atoms with Gasteiger partial charge in [0, 0.05) is 26.1 Å². The molecule has 1 aromatic carbocycles. The second-order valence-corrected chi connectivity index (χ2v) is 9.50. The van der Waals surface area contributed by atoms with Gasteiger partial charge in [-0.3, -0.25) is 24.1 Å². The third-order valence-electron chi connectivity index (χ3n) is 6.60. The molecular formula is C26H35N3O4. The summed E-state index contributed by atoms with van der Waals surface area (Å²) in [4.78, 5) is 54.4. The Morgan fingerprint density at radius 2 is 1.67 bits per heavy atom. The molecule has 0 saturated carbocycles. The zero-order valence-corrected chi connectivity index (χ0v) is 20.0. The molecule has 0 radical (unpaired) electrons. The number of aryl methyl sites for hydroxylation is 1. The number of nitrogens with one attached hydrogen (secondary N) is 1. The maximum atomic E-state index is 13.3. The van der Waals surface area contributed by atoms with Gasteiger partial charge in [0.05, 0.1) is 11.8 Å². The third-order valence-corrected chi connectivity index (χ3v) is 6.60. The summed E-state index contributed by atoms with van der Waals surface area (Å²) in [5.74, 6) is -1.14. The number of carbonyl (C=O) groups is 4. The van der Waals surface area contributed by atoms with Gasteiger partial charge in [0.2, 0.25) is 23.6 Å². The van der Waals surface area contributed by atoms with E-state index in [-0.39, 0.29) is 48.4 Å². The van der Waals surface area contributed by atoms with Crippen molar-refractivity contribution in [2.24, 2.45) is 17.8 Å². The molecule has 7 nitrogen and oxygen atoms in total. The molecule has 1 aliphatic carbocycles. The molecule has 1 heterocycles. The molecule has 178 valence electrons. The van der Waals surface area contributed by atoms with Crippen LogP contribution in [0.2, 0.25) is 0 Å². The van der Waals surface area contributed by atoms with Crippen molar-refractivity contribution in [2.75, 3.05) is 13.1 Å². The molecule has 1 N–H and O–H groups in total. The summed E-state index contributed by atoms with van der Waals surface area (Å²) in [6.07, 6.45) is 5.04. The first-order valence-electron chi connectivity index (χ1n) is 11.8. The summed E-state index contributed by atoms with van der Waals surface area (Å²) in [5.41, 5.74) is 1.99. The quantitative estimate of drug-likeness (QED) is 0.460. The number of hydrogen-bond acceptors (Lipinski definition) is 4. The molecule has 3 rings (SSSR count). The Labute approximate surface area is 196 Å². The van der Waals surface area contributed by atoms with Crippen molar-refractivity contribution in [3.63, 3.8) is 0 Å². The number of imide groups is 1. The maximum Gasteiger partial charge on any atom is 0.242 e. The van der Waals surface area contributed by atoms with E-state index in [4.69, 9.17) is 0 Å². The minimum Gasteiger partial charge on any atom is -0.354 e. The number of nitrogens with zero attached hydrogens (tertiary/aromatic N) is 2. The lowest BCUT2D eigenvalue weighted by molar-refractivity contribution is -0.143. The predicted molar refractivity (Wildman–Crippen MR) is 126 cm³/mol. The van der Waals surface area contributed by atoms with Crippen molar-refractivity contribution in [3.05, 3.63) is 47.5 Å². The molecule has 3 atom stereocenters. The van der Waals surface area contributed by atoms with E-state index in [9.17, 15) is 19.2 Å². The standard InChI is InChI=1S/C26H35N3O4/c1-17(2)15-27-24(31)19(4)29(16-20-10-6-5-9-18(20)3)23(30)13-14-28-25(32)21-11-7-8-12-22(21)26(28)33/h5-10,17,19,21-22H,11-16H2,1-4H3,(H,27,31)/t19-,21-,22+/m0/s1. The monoisotopic (exact) mass is 453 g/mol. The highest BCUT2D eigenvalue weighted by molar-refractivity contribution is 6.05. The van der Waals surface area contributed by atoms with Gasteiger partial charge in [-0.15, -0.1) is 0 Å². The van der Waals surface area contributed by atoms with Crippen molar-refractivity contribution in [3.8, 4) is 0 Å². The molecule has 7 heteroatoms. The topological polar surface area (TPSA) is 86.8 Å². The zero-order valence-electron chi connectivity index (χ0n) is 20.0. The van der Waals surface area contributed by atoms with Crippen LogP contribution in [0.15, 0.2) is 36.4 Å². The van der Waals surface area contributed by atoms with E-state index in [0.29, 0.717) is 31.8 Å². The second-order valence-electron chi connectivity index (χ2n) is 9.50. The molecule has 1 fully saturated rings. The molecule has 2 aliphatic rings. The normalized spacial score (nSPS) is 20.7. The van der Waals surface area contributed by atoms with Gasteiger partial charge in [-0.25, -0.2) is 0 Å². The summed E-state index contributed by atoms with van der Waals surface area (Å²) >= 11 is 0. The number of rotatable bonds is 9. The Morgan fingerprint density at radius 3 is 2.24 bits per heavy atom. The van der Waals surface area contributed by atoms with Crippen LogP contribution in [-0.2, 0) is 25.7 Å². The van der Waals surface area contributed by atoms with Gasteiger partial charge in [0.15, 0.2) is 0 Å². The first-order valence-corrected chi connectivity index (χ1v) is 11.8. The van der Waals surface area contributed by atoms with Gasteiger partial charge >= 0.3 is 0 Å². The minimum absolute atomic E-state index is 0.00195. The lowest BCUT2D eigenvalue weighted by atomic mass is 9.85. The fourth-order valence-corrected chi connectivity index (χ4v) is 4.45. The number of likely N-dealkylation sites (tertiary alicyclic amines) is 1. The SMILES string of the molecule is Cc1ccccc1CN(C(=O)CCN1C(=O)[C@H]2CC=CC[C@H]2C1=O)[C@@H](C)C(=O)NCC(C)C. The number of benzene rings is 1. The Hall–Kier alpha value is -2.96. The summed E-state index contributed by atoms with van der Waals surface area (Å²) in [6.45, 7) is 8.59. The molecule has 0 spiro atoms. The fourth-order valence-electron chi connectivity index (χ4n) is 4.45. The average molecular weight is 454 g/mol. The summed E-state index contributed by atoms with van der Waals surface area (Å²) < 4.78 is 0. The van der Waals surface area contributed by atoms with Crippen molar-refractivity contribution >= 4 is 23.6 Å². The Morgan fingerprint density at radius 1 is 1.06 bits per heavy atom. The van der Waals surface area contributed by atoms with Gasteiger partial charge in [-0.05, 0) is 43.7 Å². The summed E-state index contributed by atoms with van der Waals surface area (Å²) in [7, 11) is 0. The van der Waals surface area contributed by atoms with E-state index in [2.05, 4.69) is 5.32 Å². The number of fused-ring (bicyclic) bond motifs is 1. The molecule has 0 aromatic heterocycles. The molecular weight excluding hydrogens is 418 g/mol. The highest BCUT2D eigenvalue weighted by atomic mass is 16.2. The average Bonchev–Trinajstić information content (AvgIpc) is 3.04. The highest BCUT2D eigenvalue weighted by Crippen LogP contribution is 2.35. The molecule has 1 aromatic rings. The molecule has 1 aliphatic heterocycles. The Kier molecular flexibility index (Phi) is 8.06. The molecule has 4 amide bonds.